The third kappa shape index (κ3) is 4.73. The Labute approximate surface area is 168 Å². The minimum atomic E-state index is -4.64. The molecule has 0 unspecified atom stereocenters. The van der Waals surface area contributed by atoms with Crippen LogP contribution in [-0.4, -0.2) is 10.9 Å². The van der Waals surface area contributed by atoms with E-state index in [1.54, 1.807) is 0 Å². The molecule has 0 aliphatic heterocycles. The van der Waals surface area contributed by atoms with Crippen LogP contribution in [0.15, 0.2) is 48.5 Å². The van der Waals surface area contributed by atoms with E-state index in [9.17, 15) is 26.7 Å². The van der Waals surface area contributed by atoms with E-state index in [4.69, 9.17) is 4.74 Å². The van der Waals surface area contributed by atoms with Crippen molar-refractivity contribution in [3.63, 3.8) is 0 Å². The number of pyridine rings is 1. The van der Waals surface area contributed by atoms with Gasteiger partial charge in [0.1, 0.15) is 22.9 Å². The van der Waals surface area contributed by atoms with Crippen LogP contribution >= 0.6 is 0 Å². The Bertz CT molecular complexity index is 1070. The standard InChI is InChI=1S/C21H15F5N2O2/c1-11-9-13(22)10-17(23)18(11)19(29)28-14-4-6-15(7-5-14)30-20-16(21(24,25)26)8-3-12(2)27-20/h3-10H,1-2H3,(H,28,29). The minimum Gasteiger partial charge on any atom is -0.438 e. The molecule has 30 heavy (non-hydrogen) atoms. The molecule has 156 valence electrons. The molecule has 0 radical (unpaired) electrons. The van der Waals surface area contributed by atoms with Crippen LogP contribution in [0, 0.1) is 25.5 Å². The molecular formula is C21H15F5N2O2. The van der Waals surface area contributed by atoms with Crippen LogP contribution in [0.5, 0.6) is 11.6 Å². The minimum absolute atomic E-state index is 0.0562. The Morgan fingerprint density at radius 3 is 2.27 bits per heavy atom. The summed E-state index contributed by atoms with van der Waals surface area (Å²) in [6, 6.07) is 9.13. The number of ether oxygens (including phenoxy) is 1. The summed E-state index contributed by atoms with van der Waals surface area (Å²) in [5.41, 5.74) is -0.624. The van der Waals surface area contributed by atoms with Crippen molar-refractivity contribution in [2.75, 3.05) is 5.32 Å². The van der Waals surface area contributed by atoms with Gasteiger partial charge in [-0.1, -0.05) is 0 Å². The van der Waals surface area contributed by atoms with Gasteiger partial charge in [0.05, 0.1) is 5.56 Å². The number of hydrogen-bond donors (Lipinski definition) is 1. The quantitative estimate of drug-likeness (QED) is 0.522. The smallest absolute Gasteiger partial charge is 0.421 e. The van der Waals surface area contributed by atoms with Crippen molar-refractivity contribution in [3.8, 4) is 11.6 Å². The van der Waals surface area contributed by atoms with Crippen LogP contribution < -0.4 is 10.1 Å². The van der Waals surface area contributed by atoms with Gasteiger partial charge in [-0.15, -0.1) is 0 Å². The Hall–Kier alpha value is -3.49. The first-order chi connectivity index (χ1) is 14.0. The van der Waals surface area contributed by atoms with Crippen molar-refractivity contribution >= 4 is 11.6 Å². The van der Waals surface area contributed by atoms with Crippen molar-refractivity contribution < 1.29 is 31.5 Å². The zero-order chi connectivity index (χ0) is 22.1. The van der Waals surface area contributed by atoms with Gasteiger partial charge in [-0.05, 0) is 61.9 Å². The van der Waals surface area contributed by atoms with E-state index in [0.29, 0.717) is 11.8 Å². The highest BCUT2D eigenvalue weighted by atomic mass is 19.4. The van der Waals surface area contributed by atoms with Crippen LogP contribution in [0.4, 0.5) is 27.6 Å². The number of nitrogens with zero attached hydrogens (tertiary/aromatic N) is 1. The van der Waals surface area contributed by atoms with E-state index in [2.05, 4.69) is 10.3 Å². The molecule has 0 aliphatic carbocycles. The summed E-state index contributed by atoms with van der Waals surface area (Å²) in [5, 5.41) is 2.44. The zero-order valence-electron chi connectivity index (χ0n) is 15.8. The summed E-state index contributed by atoms with van der Waals surface area (Å²) in [4.78, 5) is 16.1. The van der Waals surface area contributed by atoms with E-state index in [-0.39, 0.29) is 22.6 Å². The number of amides is 1. The highest BCUT2D eigenvalue weighted by Gasteiger charge is 2.35. The molecule has 0 saturated carbocycles. The lowest BCUT2D eigenvalue weighted by molar-refractivity contribution is -0.138. The molecule has 0 aliphatic rings. The Kier molecular flexibility index (Phi) is 5.73. The number of benzene rings is 2. The number of aromatic nitrogens is 1. The molecule has 2 aromatic carbocycles. The summed E-state index contributed by atoms with van der Waals surface area (Å²) in [7, 11) is 0. The van der Waals surface area contributed by atoms with Crippen molar-refractivity contribution in [2.45, 2.75) is 20.0 Å². The average Bonchev–Trinajstić information content (AvgIpc) is 2.61. The zero-order valence-corrected chi connectivity index (χ0v) is 15.8. The first-order valence-corrected chi connectivity index (χ1v) is 8.64. The first-order valence-electron chi connectivity index (χ1n) is 8.64. The normalized spacial score (nSPS) is 11.3. The monoisotopic (exact) mass is 422 g/mol. The summed E-state index contributed by atoms with van der Waals surface area (Å²) in [6.45, 7) is 2.92. The fourth-order valence-electron chi connectivity index (χ4n) is 2.73. The van der Waals surface area contributed by atoms with Crippen LogP contribution in [0.3, 0.4) is 0 Å². The molecule has 1 N–H and O–H groups in total. The molecule has 0 spiro atoms. The van der Waals surface area contributed by atoms with E-state index >= 15 is 0 Å². The molecule has 3 rings (SSSR count). The van der Waals surface area contributed by atoms with E-state index in [1.807, 2.05) is 0 Å². The SMILES string of the molecule is Cc1ccc(C(F)(F)F)c(Oc2ccc(NC(=O)c3c(C)cc(F)cc3F)cc2)n1. The highest BCUT2D eigenvalue weighted by molar-refractivity contribution is 6.05. The lowest BCUT2D eigenvalue weighted by Gasteiger charge is -2.14. The molecule has 0 saturated heterocycles. The number of nitrogens with one attached hydrogen (secondary N) is 1. The number of aryl methyl sites for hydroxylation is 2. The molecule has 9 heteroatoms. The number of halogens is 5. The van der Waals surface area contributed by atoms with Gasteiger partial charge < -0.3 is 10.1 Å². The first kappa shape index (κ1) is 21.2. The molecule has 1 aromatic heterocycles. The maximum Gasteiger partial charge on any atom is 0.421 e. The lowest BCUT2D eigenvalue weighted by atomic mass is 10.1. The summed E-state index contributed by atoms with van der Waals surface area (Å²) in [6.07, 6.45) is -4.64. The Morgan fingerprint density at radius 1 is 1.00 bits per heavy atom. The maximum absolute atomic E-state index is 13.9. The van der Waals surface area contributed by atoms with Gasteiger partial charge in [0.15, 0.2) is 0 Å². The predicted molar refractivity (Wildman–Crippen MR) is 99.5 cm³/mol. The van der Waals surface area contributed by atoms with Gasteiger partial charge in [-0.25, -0.2) is 13.8 Å². The summed E-state index contributed by atoms with van der Waals surface area (Å²) >= 11 is 0. The third-order valence-corrected chi connectivity index (χ3v) is 4.11. The number of anilines is 1. The number of alkyl halides is 3. The fourth-order valence-corrected chi connectivity index (χ4v) is 2.73. The van der Waals surface area contributed by atoms with E-state index in [0.717, 1.165) is 12.1 Å². The topological polar surface area (TPSA) is 51.2 Å². The molecule has 1 amide bonds. The Morgan fingerprint density at radius 2 is 1.67 bits per heavy atom. The molecule has 0 fully saturated rings. The second kappa shape index (κ2) is 8.10. The summed E-state index contributed by atoms with van der Waals surface area (Å²) in [5.74, 6) is -3.14. The van der Waals surface area contributed by atoms with Crippen molar-refractivity contribution in [1.82, 2.24) is 4.98 Å². The molecule has 0 atom stereocenters. The van der Waals surface area contributed by atoms with Crippen molar-refractivity contribution in [1.29, 1.82) is 0 Å². The Balaban J connectivity index is 1.78. The maximum atomic E-state index is 13.9. The van der Waals surface area contributed by atoms with Gasteiger partial charge in [-0.2, -0.15) is 13.2 Å². The van der Waals surface area contributed by atoms with Gasteiger partial charge in [0, 0.05) is 17.4 Å². The van der Waals surface area contributed by atoms with E-state index in [1.165, 1.54) is 44.2 Å². The number of hydrogen-bond acceptors (Lipinski definition) is 3. The largest absolute Gasteiger partial charge is 0.438 e. The molecule has 1 heterocycles. The number of carbonyl (C=O) groups excluding carboxylic acids is 1. The summed E-state index contributed by atoms with van der Waals surface area (Å²) < 4.78 is 71.7. The average molecular weight is 422 g/mol. The van der Waals surface area contributed by atoms with Gasteiger partial charge in [0.25, 0.3) is 5.91 Å². The second-order valence-corrected chi connectivity index (χ2v) is 6.46. The van der Waals surface area contributed by atoms with Gasteiger partial charge in [0.2, 0.25) is 5.88 Å². The van der Waals surface area contributed by atoms with Crippen LogP contribution in [0.25, 0.3) is 0 Å². The third-order valence-electron chi connectivity index (χ3n) is 4.11. The fraction of sp³-hybridized carbons (Fsp3) is 0.143. The molecule has 3 aromatic rings. The molecular weight excluding hydrogens is 407 g/mol. The second-order valence-electron chi connectivity index (χ2n) is 6.46. The van der Waals surface area contributed by atoms with Gasteiger partial charge >= 0.3 is 6.18 Å². The van der Waals surface area contributed by atoms with Crippen molar-refractivity contribution in [3.05, 3.63) is 82.5 Å². The predicted octanol–water partition coefficient (Wildman–Crippen LogP) is 6.04. The van der Waals surface area contributed by atoms with Crippen LogP contribution in [-0.2, 0) is 6.18 Å². The van der Waals surface area contributed by atoms with Crippen LogP contribution in [0.1, 0.15) is 27.2 Å². The molecule has 0 bridgehead atoms. The van der Waals surface area contributed by atoms with Crippen molar-refractivity contribution in [2.24, 2.45) is 0 Å². The van der Waals surface area contributed by atoms with Crippen LogP contribution in [0.2, 0.25) is 0 Å². The highest BCUT2D eigenvalue weighted by Crippen LogP contribution is 2.37. The number of carbonyl (C=O) groups is 1. The molecule has 4 nitrogen and oxygen atoms in total. The number of rotatable bonds is 4. The van der Waals surface area contributed by atoms with Gasteiger partial charge in [-0.3, -0.25) is 4.79 Å². The lowest BCUT2D eigenvalue weighted by Crippen LogP contribution is -2.15. The van der Waals surface area contributed by atoms with E-state index < -0.39 is 35.2 Å².